The average Bonchev–Trinajstić information content (AvgIpc) is 3.07. The summed E-state index contributed by atoms with van der Waals surface area (Å²) < 4.78 is 6.52. The third-order valence-electron chi connectivity index (χ3n) is 4.24. The van der Waals surface area contributed by atoms with Gasteiger partial charge in [-0.1, -0.05) is 23.5 Å². The highest BCUT2D eigenvalue weighted by atomic mass is 32.1. The van der Waals surface area contributed by atoms with Gasteiger partial charge in [-0.3, -0.25) is 5.32 Å². The van der Waals surface area contributed by atoms with Crippen molar-refractivity contribution in [2.45, 2.75) is 25.3 Å². The molecule has 5 nitrogen and oxygen atoms in total. The van der Waals surface area contributed by atoms with E-state index < -0.39 is 0 Å². The predicted octanol–water partition coefficient (Wildman–Crippen LogP) is 3.33. The van der Waals surface area contributed by atoms with Crippen molar-refractivity contribution in [3.8, 4) is 0 Å². The van der Waals surface area contributed by atoms with Crippen molar-refractivity contribution in [2.24, 2.45) is 5.92 Å². The van der Waals surface area contributed by atoms with Crippen LogP contribution < -0.4 is 5.32 Å². The van der Waals surface area contributed by atoms with Crippen molar-refractivity contribution < 1.29 is 9.53 Å². The van der Waals surface area contributed by atoms with Gasteiger partial charge in [0.2, 0.25) is 0 Å². The Balaban J connectivity index is 1.46. The molecule has 4 rings (SSSR count). The molecule has 1 aliphatic carbocycles. The van der Waals surface area contributed by atoms with E-state index >= 15 is 0 Å². The van der Waals surface area contributed by atoms with E-state index in [1.54, 1.807) is 0 Å². The lowest BCUT2D eigenvalue weighted by atomic mass is 10.1. The largest absolute Gasteiger partial charge is 0.381 e. The summed E-state index contributed by atoms with van der Waals surface area (Å²) in [4.78, 5) is 19.1. The van der Waals surface area contributed by atoms with Gasteiger partial charge in [0.15, 0.2) is 5.13 Å². The molecule has 1 aromatic heterocycles. The molecule has 0 radical (unpaired) electrons. The number of fused-ring (bicyclic) bond motifs is 1. The fraction of sp³-hybridized carbons (Fsp3) is 0.500. The van der Waals surface area contributed by atoms with Gasteiger partial charge in [-0.05, 0) is 31.4 Å². The van der Waals surface area contributed by atoms with E-state index in [-0.39, 0.29) is 6.03 Å². The molecule has 1 atom stereocenters. The van der Waals surface area contributed by atoms with Crippen LogP contribution in [-0.4, -0.2) is 41.7 Å². The number of nitrogens with zero attached hydrogens (tertiary/aromatic N) is 2. The molecule has 1 N–H and O–H groups in total. The van der Waals surface area contributed by atoms with Crippen LogP contribution in [0.15, 0.2) is 24.3 Å². The van der Waals surface area contributed by atoms with Crippen molar-refractivity contribution in [1.82, 2.24) is 9.88 Å². The SMILES string of the molecule is O=C(Nc1nc2ccccc2s1)N(CC1CCOC1)C1CC1. The third-order valence-corrected chi connectivity index (χ3v) is 5.19. The summed E-state index contributed by atoms with van der Waals surface area (Å²) in [7, 11) is 0. The molecule has 1 saturated carbocycles. The molecular formula is C16H19N3O2S. The Bertz CT molecular complexity index is 644. The monoisotopic (exact) mass is 317 g/mol. The number of carbonyl (C=O) groups excluding carboxylic acids is 1. The van der Waals surface area contributed by atoms with Crippen molar-refractivity contribution in [3.05, 3.63) is 24.3 Å². The molecule has 1 aliphatic heterocycles. The molecule has 1 unspecified atom stereocenters. The Kier molecular flexibility index (Phi) is 3.72. The van der Waals surface area contributed by atoms with E-state index in [4.69, 9.17) is 4.74 Å². The number of thiazole rings is 1. The van der Waals surface area contributed by atoms with Crippen LogP contribution in [0.4, 0.5) is 9.93 Å². The van der Waals surface area contributed by atoms with Crippen LogP contribution >= 0.6 is 11.3 Å². The zero-order valence-corrected chi connectivity index (χ0v) is 13.1. The van der Waals surface area contributed by atoms with E-state index in [1.165, 1.54) is 11.3 Å². The third kappa shape index (κ3) is 2.94. The second kappa shape index (κ2) is 5.85. The van der Waals surface area contributed by atoms with Gasteiger partial charge in [0.1, 0.15) is 0 Å². The first-order valence-corrected chi connectivity index (χ1v) is 8.62. The van der Waals surface area contributed by atoms with Gasteiger partial charge in [0, 0.05) is 25.1 Å². The highest BCUT2D eigenvalue weighted by Gasteiger charge is 2.35. The van der Waals surface area contributed by atoms with Crippen LogP contribution in [0.5, 0.6) is 0 Å². The number of nitrogens with one attached hydrogen (secondary N) is 1. The lowest BCUT2D eigenvalue weighted by Crippen LogP contribution is -2.40. The van der Waals surface area contributed by atoms with E-state index in [1.807, 2.05) is 29.2 Å². The molecule has 2 amide bonds. The number of rotatable bonds is 4. The molecule has 2 aromatic rings. The van der Waals surface area contributed by atoms with Crippen molar-refractivity contribution in [2.75, 3.05) is 25.1 Å². The number of hydrogen-bond donors (Lipinski definition) is 1. The standard InChI is InChI=1S/C16H19N3O2S/c20-16(18-15-17-13-3-1-2-4-14(13)22-15)19(12-5-6-12)9-11-7-8-21-10-11/h1-4,11-12H,5-10H2,(H,17,18,20). The second-order valence-electron chi connectivity index (χ2n) is 6.03. The maximum Gasteiger partial charge on any atom is 0.323 e. The zero-order valence-electron chi connectivity index (χ0n) is 12.3. The van der Waals surface area contributed by atoms with Crippen molar-refractivity contribution in [3.63, 3.8) is 0 Å². The molecule has 1 saturated heterocycles. The van der Waals surface area contributed by atoms with E-state index in [0.717, 1.165) is 49.2 Å². The number of amides is 2. The first kappa shape index (κ1) is 14.0. The van der Waals surface area contributed by atoms with Gasteiger partial charge < -0.3 is 9.64 Å². The Labute approximate surface area is 133 Å². The Morgan fingerprint density at radius 3 is 2.95 bits per heavy atom. The minimum atomic E-state index is -0.0199. The van der Waals surface area contributed by atoms with Gasteiger partial charge in [-0.2, -0.15) is 0 Å². The van der Waals surface area contributed by atoms with E-state index in [0.29, 0.717) is 17.1 Å². The number of anilines is 1. The molecule has 2 heterocycles. The van der Waals surface area contributed by atoms with Gasteiger partial charge in [-0.25, -0.2) is 9.78 Å². The molecule has 2 aliphatic rings. The maximum absolute atomic E-state index is 12.6. The predicted molar refractivity (Wildman–Crippen MR) is 87.3 cm³/mol. The summed E-state index contributed by atoms with van der Waals surface area (Å²) in [5.74, 6) is 0.474. The van der Waals surface area contributed by atoms with Crippen molar-refractivity contribution >= 4 is 32.7 Å². The lowest BCUT2D eigenvalue weighted by molar-refractivity contribution is 0.167. The molecule has 0 spiro atoms. The minimum absolute atomic E-state index is 0.0199. The highest BCUT2D eigenvalue weighted by molar-refractivity contribution is 7.22. The van der Waals surface area contributed by atoms with Gasteiger partial charge in [0.05, 0.1) is 16.8 Å². The molecule has 2 fully saturated rings. The van der Waals surface area contributed by atoms with E-state index in [2.05, 4.69) is 10.3 Å². The molecule has 0 bridgehead atoms. The highest BCUT2D eigenvalue weighted by Crippen LogP contribution is 2.31. The second-order valence-corrected chi connectivity index (χ2v) is 7.06. The zero-order chi connectivity index (χ0) is 14.9. The van der Waals surface area contributed by atoms with Crippen LogP contribution in [0, 0.1) is 5.92 Å². The summed E-state index contributed by atoms with van der Waals surface area (Å²) >= 11 is 1.52. The summed E-state index contributed by atoms with van der Waals surface area (Å²) in [5.41, 5.74) is 0.935. The molecule has 22 heavy (non-hydrogen) atoms. The van der Waals surface area contributed by atoms with Crippen LogP contribution in [0.1, 0.15) is 19.3 Å². The summed E-state index contributed by atoms with van der Waals surface area (Å²) in [6.45, 7) is 2.39. The van der Waals surface area contributed by atoms with Gasteiger partial charge >= 0.3 is 6.03 Å². The quantitative estimate of drug-likeness (QED) is 0.941. The fourth-order valence-corrected chi connectivity index (χ4v) is 3.73. The van der Waals surface area contributed by atoms with Gasteiger partial charge in [0.25, 0.3) is 0 Å². The topological polar surface area (TPSA) is 54.5 Å². The van der Waals surface area contributed by atoms with E-state index in [9.17, 15) is 4.79 Å². The summed E-state index contributed by atoms with van der Waals surface area (Å²) in [5, 5.41) is 3.66. The van der Waals surface area contributed by atoms with Crippen molar-refractivity contribution in [1.29, 1.82) is 0 Å². The number of aromatic nitrogens is 1. The fourth-order valence-electron chi connectivity index (χ4n) is 2.88. The molecule has 6 heteroatoms. The Morgan fingerprint density at radius 1 is 1.36 bits per heavy atom. The summed E-state index contributed by atoms with van der Waals surface area (Å²) in [6, 6.07) is 8.32. The summed E-state index contributed by atoms with van der Waals surface area (Å²) in [6.07, 6.45) is 3.28. The Morgan fingerprint density at radius 2 is 2.23 bits per heavy atom. The smallest absolute Gasteiger partial charge is 0.323 e. The number of urea groups is 1. The minimum Gasteiger partial charge on any atom is -0.381 e. The lowest BCUT2D eigenvalue weighted by Gasteiger charge is -2.24. The maximum atomic E-state index is 12.6. The number of ether oxygens (including phenoxy) is 1. The average molecular weight is 317 g/mol. The van der Waals surface area contributed by atoms with Gasteiger partial charge in [-0.15, -0.1) is 0 Å². The first-order valence-electron chi connectivity index (χ1n) is 7.80. The number of para-hydroxylation sites is 1. The molecule has 116 valence electrons. The number of benzene rings is 1. The van der Waals surface area contributed by atoms with Crippen LogP contribution in [0.3, 0.4) is 0 Å². The van der Waals surface area contributed by atoms with Crippen LogP contribution in [0.25, 0.3) is 10.2 Å². The van der Waals surface area contributed by atoms with Crippen LogP contribution in [-0.2, 0) is 4.74 Å². The number of hydrogen-bond acceptors (Lipinski definition) is 4. The molecular weight excluding hydrogens is 298 g/mol. The first-order chi connectivity index (χ1) is 10.8. The number of carbonyl (C=O) groups is 1. The van der Waals surface area contributed by atoms with Crippen LogP contribution in [0.2, 0.25) is 0 Å². The Hall–Kier alpha value is -1.66. The molecule has 1 aromatic carbocycles. The normalized spacial score (nSPS) is 21.2.